The van der Waals surface area contributed by atoms with Crippen LogP contribution in [0.2, 0.25) is 0 Å². The van der Waals surface area contributed by atoms with Crippen molar-refractivity contribution in [2.75, 3.05) is 6.54 Å². The predicted molar refractivity (Wildman–Crippen MR) is 133 cm³/mol. The Morgan fingerprint density at radius 3 is 2.34 bits per heavy atom. The molecule has 3 amide bonds. The fourth-order valence-corrected chi connectivity index (χ4v) is 3.74. The number of carbonyl (C=O) groups excluding carboxylic acids is 3. The van der Waals surface area contributed by atoms with Crippen molar-refractivity contribution in [1.82, 2.24) is 20.9 Å². The van der Waals surface area contributed by atoms with Gasteiger partial charge in [0.15, 0.2) is 0 Å². The minimum atomic E-state index is -1.18. The Labute approximate surface area is 205 Å². The van der Waals surface area contributed by atoms with Gasteiger partial charge >= 0.3 is 5.97 Å². The lowest BCUT2D eigenvalue weighted by Gasteiger charge is -2.23. The first-order chi connectivity index (χ1) is 16.5. The summed E-state index contributed by atoms with van der Waals surface area (Å²) >= 11 is 0. The van der Waals surface area contributed by atoms with E-state index in [0.29, 0.717) is 6.42 Å². The first kappa shape index (κ1) is 27.8. The maximum absolute atomic E-state index is 13.0. The number of nitrogens with two attached hydrogens (primary N) is 1. The van der Waals surface area contributed by atoms with Crippen molar-refractivity contribution in [2.24, 2.45) is 17.6 Å². The number of H-pyrrole nitrogens is 1. The number of hydrogen-bond acceptors (Lipinski definition) is 5. The minimum Gasteiger partial charge on any atom is -0.480 e. The molecular weight excluding hydrogens is 450 g/mol. The van der Waals surface area contributed by atoms with Gasteiger partial charge in [-0.05, 0) is 29.9 Å². The number of benzene rings is 1. The van der Waals surface area contributed by atoms with Crippen LogP contribution in [0.15, 0.2) is 30.5 Å². The van der Waals surface area contributed by atoms with E-state index in [9.17, 15) is 24.3 Å². The van der Waals surface area contributed by atoms with Gasteiger partial charge in [0.2, 0.25) is 17.7 Å². The number of nitrogens with one attached hydrogen (secondary N) is 4. The summed E-state index contributed by atoms with van der Waals surface area (Å²) < 4.78 is 0. The van der Waals surface area contributed by atoms with Crippen molar-refractivity contribution < 1.29 is 24.3 Å². The molecule has 0 radical (unpaired) electrons. The average Bonchev–Trinajstić information content (AvgIpc) is 3.23. The molecule has 0 saturated heterocycles. The van der Waals surface area contributed by atoms with E-state index in [1.54, 1.807) is 6.20 Å². The van der Waals surface area contributed by atoms with E-state index in [0.717, 1.165) is 22.9 Å². The quantitative estimate of drug-likeness (QED) is 0.249. The summed E-state index contributed by atoms with van der Waals surface area (Å²) in [6.07, 6.45) is 2.84. The summed E-state index contributed by atoms with van der Waals surface area (Å²) in [5.41, 5.74) is 7.52. The molecular formula is C25H37N5O5. The Morgan fingerprint density at radius 1 is 1.03 bits per heavy atom. The van der Waals surface area contributed by atoms with Gasteiger partial charge in [-0.2, -0.15) is 0 Å². The van der Waals surface area contributed by atoms with Crippen LogP contribution in [-0.2, 0) is 25.6 Å². The van der Waals surface area contributed by atoms with Crippen molar-refractivity contribution in [3.63, 3.8) is 0 Å². The summed E-state index contributed by atoms with van der Waals surface area (Å²) in [5.74, 6) is -2.76. The van der Waals surface area contributed by atoms with Gasteiger partial charge in [0, 0.05) is 23.5 Å². The number of fused-ring (bicyclic) bond motifs is 1. The number of carbonyl (C=O) groups is 4. The SMILES string of the molecule is CCC(C)C(N)C(=O)NCC(=O)NC(CC(C)C)C(=O)NC(Cc1c[nH]c2ccccc12)C(=O)O. The lowest BCUT2D eigenvalue weighted by molar-refractivity contribution is -0.142. The number of aliphatic carboxylic acids is 1. The topological polar surface area (TPSA) is 166 Å². The number of rotatable bonds is 13. The Kier molecular flexibility index (Phi) is 10.3. The second-order valence-electron chi connectivity index (χ2n) is 9.34. The van der Waals surface area contributed by atoms with Crippen LogP contribution in [0.25, 0.3) is 10.9 Å². The van der Waals surface area contributed by atoms with E-state index in [1.807, 2.05) is 52.0 Å². The highest BCUT2D eigenvalue weighted by molar-refractivity contribution is 5.93. The number of para-hydroxylation sites is 1. The molecule has 1 aromatic carbocycles. The van der Waals surface area contributed by atoms with Crippen LogP contribution in [-0.4, -0.2) is 58.5 Å². The maximum atomic E-state index is 13.0. The van der Waals surface area contributed by atoms with Crippen LogP contribution in [0.3, 0.4) is 0 Å². The van der Waals surface area contributed by atoms with E-state index >= 15 is 0 Å². The third-order valence-electron chi connectivity index (χ3n) is 6.06. The number of carboxylic acid groups (broad SMARTS) is 1. The molecule has 0 aliphatic carbocycles. The van der Waals surface area contributed by atoms with E-state index in [2.05, 4.69) is 20.9 Å². The first-order valence-electron chi connectivity index (χ1n) is 11.9. The molecule has 1 heterocycles. The van der Waals surface area contributed by atoms with Gasteiger partial charge in [-0.15, -0.1) is 0 Å². The third-order valence-corrected chi connectivity index (χ3v) is 6.06. The second-order valence-corrected chi connectivity index (χ2v) is 9.34. The van der Waals surface area contributed by atoms with Gasteiger partial charge in [0.25, 0.3) is 0 Å². The summed E-state index contributed by atoms with van der Waals surface area (Å²) in [5, 5.41) is 18.3. The van der Waals surface area contributed by atoms with Gasteiger partial charge in [0.1, 0.15) is 12.1 Å². The molecule has 4 unspecified atom stereocenters. The van der Waals surface area contributed by atoms with E-state index in [-0.39, 0.29) is 24.8 Å². The molecule has 0 saturated carbocycles. The smallest absolute Gasteiger partial charge is 0.326 e. The first-order valence-corrected chi connectivity index (χ1v) is 11.9. The highest BCUT2D eigenvalue weighted by Gasteiger charge is 2.28. The zero-order valence-electron chi connectivity index (χ0n) is 20.8. The van der Waals surface area contributed by atoms with E-state index in [1.165, 1.54) is 0 Å². The molecule has 0 aliphatic heterocycles. The molecule has 35 heavy (non-hydrogen) atoms. The highest BCUT2D eigenvalue weighted by Crippen LogP contribution is 2.19. The standard InChI is InChI=1S/C25H37N5O5/c1-5-15(4)22(26)24(33)28-13-21(31)29-19(10-14(2)3)23(32)30-20(25(34)35)11-16-12-27-18-9-7-6-8-17(16)18/h6-9,12,14-15,19-20,22,27H,5,10-11,13,26H2,1-4H3,(H,28,33)(H,29,31)(H,30,32)(H,34,35). The average molecular weight is 488 g/mol. The van der Waals surface area contributed by atoms with Crippen LogP contribution >= 0.6 is 0 Å². The van der Waals surface area contributed by atoms with Crippen molar-refractivity contribution in [3.05, 3.63) is 36.0 Å². The molecule has 192 valence electrons. The number of carboxylic acids is 1. The van der Waals surface area contributed by atoms with Crippen molar-refractivity contribution in [1.29, 1.82) is 0 Å². The monoisotopic (exact) mass is 487 g/mol. The fourth-order valence-electron chi connectivity index (χ4n) is 3.74. The number of amides is 3. The third kappa shape index (κ3) is 8.10. The Bertz CT molecular complexity index is 1030. The van der Waals surface area contributed by atoms with Gasteiger partial charge in [-0.25, -0.2) is 4.79 Å². The lowest BCUT2D eigenvalue weighted by Crippen LogP contribution is -2.54. The van der Waals surface area contributed by atoms with Crippen molar-refractivity contribution in [3.8, 4) is 0 Å². The van der Waals surface area contributed by atoms with Crippen LogP contribution in [0, 0.1) is 11.8 Å². The van der Waals surface area contributed by atoms with E-state index < -0.39 is 41.8 Å². The van der Waals surface area contributed by atoms with Crippen LogP contribution < -0.4 is 21.7 Å². The number of aromatic amines is 1. The fraction of sp³-hybridized carbons (Fsp3) is 0.520. The Balaban J connectivity index is 2.03. The van der Waals surface area contributed by atoms with Crippen molar-refractivity contribution >= 4 is 34.6 Å². The molecule has 7 N–H and O–H groups in total. The molecule has 10 nitrogen and oxygen atoms in total. The van der Waals surface area contributed by atoms with Crippen LogP contribution in [0.4, 0.5) is 0 Å². The molecule has 2 aromatic rings. The normalized spacial score (nSPS) is 14.7. The summed E-state index contributed by atoms with van der Waals surface area (Å²) in [6.45, 7) is 7.22. The molecule has 0 bridgehead atoms. The zero-order chi connectivity index (χ0) is 26.1. The highest BCUT2D eigenvalue weighted by atomic mass is 16.4. The van der Waals surface area contributed by atoms with Crippen LogP contribution in [0.1, 0.15) is 46.1 Å². The maximum Gasteiger partial charge on any atom is 0.326 e. The Hall–Kier alpha value is -3.40. The molecule has 10 heteroatoms. The molecule has 2 rings (SSSR count). The molecule has 0 fully saturated rings. The molecule has 4 atom stereocenters. The second kappa shape index (κ2) is 12.9. The van der Waals surface area contributed by atoms with E-state index in [4.69, 9.17) is 5.73 Å². The molecule has 0 spiro atoms. The summed E-state index contributed by atoms with van der Waals surface area (Å²) in [6, 6.07) is 4.63. The lowest BCUT2D eigenvalue weighted by atomic mass is 9.99. The largest absolute Gasteiger partial charge is 0.480 e. The van der Waals surface area contributed by atoms with Gasteiger partial charge in [0.05, 0.1) is 12.6 Å². The minimum absolute atomic E-state index is 0.0392. The zero-order valence-corrected chi connectivity index (χ0v) is 20.8. The molecule has 0 aliphatic rings. The number of aromatic nitrogens is 1. The molecule has 1 aromatic heterocycles. The van der Waals surface area contributed by atoms with Gasteiger partial charge in [-0.1, -0.05) is 52.3 Å². The summed E-state index contributed by atoms with van der Waals surface area (Å²) in [7, 11) is 0. The number of hydrogen-bond donors (Lipinski definition) is 6. The van der Waals surface area contributed by atoms with Crippen LogP contribution in [0.5, 0.6) is 0 Å². The van der Waals surface area contributed by atoms with Gasteiger partial charge in [-0.3, -0.25) is 14.4 Å². The summed E-state index contributed by atoms with van der Waals surface area (Å²) in [4.78, 5) is 52.6. The Morgan fingerprint density at radius 2 is 1.71 bits per heavy atom. The van der Waals surface area contributed by atoms with Crippen molar-refractivity contribution in [2.45, 2.75) is 65.1 Å². The predicted octanol–water partition coefficient (Wildman–Crippen LogP) is 1.30. The van der Waals surface area contributed by atoms with Gasteiger partial charge < -0.3 is 31.8 Å².